The van der Waals surface area contributed by atoms with Crippen molar-refractivity contribution >= 4 is 11.6 Å². The van der Waals surface area contributed by atoms with Crippen LogP contribution in [0.25, 0.3) is 11.4 Å². The molecule has 3 aromatic rings. The smallest absolute Gasteiger partial charge is 0.227 e. The lowest BCUT2D eigenvalue weighted by Crippen LogP contribution is -2.12. The van der Waals surface area contributed by atoms with Crippen LogP contribution in [0.3, 0.4) is 0 Å². The minimum Gasteiger partial charge on any atom is -0.481 e. The molecule has 3 aromatic heterocycles. The van der Waals surface area contributed by atoms with Gasteiger partial charge in [0.05, 0.1) is 19.0 Å². The zero-order valence-electron chi connectivity index (χ0n) is 13.0. The summed E-state index contributed by atoms with van der Waals surface area (Å²) < 4.78 is 10.1. The molecule has 8 nitrogen and oxygen atoms in total. The molecule has 0 atom stereocenters. The van der Waals surface area contributed by atoms with E-state index in [4.69, 9.17) is 9.26 Å². The van der Waals surface area contributed by atoms with E-state index in [2.05, 4.69) is 25.4 Å². The highest BCUT2D eigenvalue weighted by Crippen LogP contribution is 2.15. The highest BCUT2D eigenvalue weighted by atomic mass is 16.5. The molecule has 0 saturated heterocycles. The highest BCUT2D eigenvalue weighted by Gasteiger charge is 2.11. The van der Waals surface area contributed by atoms with Gasteiger partial charge >= 0.3 is 0 Å². The van der Waals surface area contributed by atoms with Gasteiger partial charge in [0.15, 0.2) is 0 Å². The van der Waals surface area contributed by atoms with Crippen molar-refractivity contribution in [2.45, 2.75) is 12.8 Å². The van der Waals surface area contributed by atoms with Crippen molar-refractivity contribution in [1.29, 1.82) is 0 Å². The molecule has 0 spiro atoms. The molecule has 0 fully saturated rings. The molecule has 8 heteroatoms. The predicted octanol–water partition coefficient (Wildman–Crippen LogP) is 2.11. The molecule has 3 rings (SSSR count). The average molecular weight is 325 g/mol. The second kappa shape index (κ2) is 7.32. The first kappa shape index (κ1) is 15.6. The molecule has 0 unspecified atom stereocenters. The molecular formula is C16H15N5O3. The first-order valence-corrected chi connectivity index (χ1v) is 7.27. The lowest BCUT2D eigenvalue weighted by atomic mass is 10.2. The molecule has 3 heterocycles. The van der Waals surface area contributed by atoms with E-state index >= 15 is 0 Å². The third-order valence-corrected chi connectivity index (χ3v) is 3.20. The Morgan fingerprint density at radius 3 is 2.79 bits per heavy atom. The molecule has 0 radical (unpaired) electrons. The fraction of sp³-hybridized carbons (Fsp3) is 0.188. The van der Waals surface area contributed by atoms with Crippen LogP contribution in [0, 0.1) is 0 Å². The van der Waals surface area contributed by atoms with Crippen LogP contribution in [0.2, 0.25) is 0 Å². The summed E-state index contributed by atoms with van der Waals surface area (Å²) in [7, 11) is 1.53. The topological polar surface area (TPSA) is 103 Å². The van der Waals surface area contributed by atoms with Gasteiger partial charge < -0.3 is 14.6 Å². The summed E-state index contributed by atoms with van der Waals surface area (Å²) in [6.45, 7) is 0. The summed E-state index contributed by atoms with van der Waals surface area (Å²) in [4.78, 5) is 24.2. The van der Waals surface area contributed by atoms with Crippen LogP contribution < -0.4 is 10.1 Å². The number of hydrogen-bond donors (Lipinski definition) is 1. The first-order valence-electron chi connectivity index (χ1n) is 7.27. The summed E-state index contributed by atoms with van der Waals surface area (Å²) in [5.41, 5.74) is 1.41. The highest BCUT2D eigenvalue weighted by molar-refractivity contribution is 5.90. The maximum atomic E-state index is 11.9. The standard InChI is InChI=1S/C16H15N5O3/c1-23-14-4-2-12(10-18-14)19-13(22)3-5-15-20-16(21-24-15)11-6-8-17-9-7-11/h2,4,6-10H,3,5H2,1H3,(H,19,22). The van der Waals surface area contributed by atoms with Crippen LogP contribution in [-0.4, -0.2) is 33.1 Å². The number of carbonyl (C=O) groups is 1. The number of methoxy groups -OCH3 is 1. The molecule has 0 saturated carbocycles. The molecule has 0 aliphatic rings. The zero-order valence-corrected chi connectivity index (χ0v) is 13.0. The van der Waals surface area contributed by atoms with Crippen molar-refractivity contribution in [2.24, 2.45) is 0 Å². The Morgan fingerprint density at radius 2 is 2.08 bits per heavy atom. The third kappa shape index (κ3) is 3.92. The fourth-order valence-electron chi connectivity index (χ4n) is 1.99. The van der Waals surface area contributed by atoms with Crippen LogP contribution in [0.15, 0.2) is 47.4 Å². The molecular weight excluding hydrogens is 310 g/mol. The average Bonchev–Trinajstić information content (AvgIpc) is 3.10. The van der Waals surface area contributed by atoms with Crippen molar-refractivity contribution in [1.82, 2.24) is 20.1 Å². The predicted molar refractivity (Wildman–Crippen MR) is 85.3 cm³/mol. The fourth-order valence-corrected chi connectivity index (χ4v) is 1.99. The lowest BCUT2D eigenvalue weighted by Gasteiger charge is -2.04. The van der Waals surface area contributed by atoms with E-state index in [9.17, 15) is 4.79 Å². The van der Waals surface area contributed by atoms with Crippen LogP contribution in [0.4, 0.5) is 5.69 Å². The van der Waals surface area contributed by atoms with Crippen LogP contribution >= 0.6 is 0 Å². The van der Waals surface area contributed by atoms with Crippen LogP contribution in [0.1, 0.15) is 12.3 Å². The summed E-state index contributed by atoms with van der Waals surface area (Å²) >= 11 is 0. The van der Waals surface area contributed by atoms with E-state index in [0.717, 1.165) is 5.56 Å². The van der Waals surface area contributed by atoms with E-state index < -0.39 is 0 Å². The number of ether oxygens (including phenoxy) is 1. The number of carbonyl (C=O) groups excluding carboxylic acids is 1. The van der Waals surface area contributed by atoms with Gasteiger partial charge in [-0.2, -0.15) is 4.98 Å². The summed E-state index contributed by atoms with van der Waals surface area (Å²) in [5.74, 6) is 1.21. The number of amides is 1. The Labute approximate surface area is 137 Å². The van der Waals surface area contributed by atoms with Gasteiger partial charge in [0.1, 0.15) is 0 Å². The van der Waals surface area contributed by atoms with Gasteiger partial charge in [-0.05, 0) is 18.2 Å². The monoisotopic (exact) mass is 325 g/mol. The van der Waals surface area contributed by atoms with Crippen LogP contribution in [-0.2, 0) is 11.2 Å². The van der Waals surface area contributed by atoms with E-state index in [1.54, 1.807) is 36.7 Å². The van der Waals surface area contributed by atoms with E-state index in [1.165, 1.54) is 13.3 Å². The number of nitrogens with zero attached hydrogens (tertiary/aromatic N) is 4. The Balaban J connectivity index is 1.53. The molecule has 0 aliphatic carbocycles. The minimum absolute atomic E-state index is 0.161. The Hall–Kier alpha value is -3.29. The summed E-state index contributed by atoms with van der Waals surface area (Å²) in [6, 6.07) is 6.97. The summed E-state index contributed by atoms with van der Waals surface area (Å²) in [6.07, 6.45) is 5.42. The van der Waals surface area contributed by atoms with Gasteiger partial charge in [-0.15, -0.1) is 0 Å². The maximum Gasteiger partial charge on any atom is 0.227 e. The molecule has 24 heavy (non-hydrogen) atoms. The zero-order chi connectivity index (χ0) is 16.8. The van der Waals surface area contributed by atoms with E-state index in [1.807, 2.05) is 0 Å². The largest absolute Gasteiger partial charge is 0.481 e. The van der Waals surface area contributed by atoms with Gasteiger partial charge in [0, 0.05) is 36.9 Å². The molecule has 1 amide bonds. The van der Waals surface area contributed by atoms with Crippen molar-refractivity contribution < 1.29 is 14.1 Å². The quantitative estimate of drug-likeness (QED) is 0.740. The van der Waals surface area contributed by atoms with E-state index in [-0.39, 0.29) is 12.3 Å². The SMILES string of the molecule is COc1ccc(NC(=O)CCc2nc(-c3ccncc3)no2)cn1. The molecule has 0 bridgehead atoms. The van der Waals surface area contributed by atoms with Gasteiger partial charge in [-0.3, -0.25) is 9.78 Å². The van der Waals surface area contributed by atoms with Crippen molar-refractivity contribution in [2.75, 3.05) is 12.4 Å². The Morgan fingerprint density at radius 1 is 1.25 bits per heavy atom. The van der Waals surface area contributed by atoms with Crippen molar-refractivity contribution in [3.63, 3.8) is 0 Å². The minimum atomic E-state index is -0.161. The van der Waals surface area contributed by atoms with Gasteiger partial charge in [-0.25, -0.2) is 4.98 Å². The number of nitrogens with one attached hydrogen (secondary N) is 1. The van der Waals surface area contributed by atoms with Gasteiger partial charge in [0.2, 0.25) is 23.5 Å². The lowest BCUT2D eigenvalue weighted by molar-refractivity contribution is -0.116. The van der Waals surface area contributed by atoms with E-state index in [0.29, 0.717) is 29.7 Å². The number of aryl methyl sites for hydroxylation is 1. The number of rotatable bonds is 6. The normalized spacial score (nSPS) is 10.4. The van der Waals surface area contributed by atoms with Crippen molar-refractivity contribution in [3.8, 4) is 17.3 Å². The Bertz CT molecular complexity index is 802. The first-order chi connectivity index (χ1) is 11.7. The number of anilines is 1. The molecule has 122 valence electrons. The van der Waals surface area contributed by atoms with Gasteiger partial charge in [0.25, 0.3) is 0 Å². The summed E-state index contributed by atoms with van der Waals surface area (Å²) in [5, 5.41) is 6.64. The second-order valence-corrected chi connectivity index (χ2v) is 4.89. The number of pyridine rings is 2. The van der Waals surface area contributed by atoms with Crippen molar-refractivity contribution in [3.05, 3.63) is 48.7 Å². The second-order valence-electron chi connectivity index (χ2n) is 4.89. The third-order valence-electron chi connectivity index (χ3n) is 3.20. The van der Waals surface area contributed by atoms with Gasteiger partial charge in [-0.1, -0.05) is 5.16 Å². The Kier molecular flexibility index (Phi) is 4.76. The molecule has 0 aromatic carbocycles. The molecule has 1 N–H and O–H groups in total. The number of hydrogen-bond acceptors (Lipinski definition) is 7. The molecule has 0 aliphatic heterocycles. The van der Waals surface area contributed by atoms with Crippen LogP contribution in [0.5, 0.6) is 5.88 Å². The number of aromatic nitrogens is 4. The maximum absolute atomic E-state index is 11.9.